The first-order chi connectivity index (χ1) is 15.5. The number of nitro groups is 1. The summed E-state index contributed by atoms with van der Waals surface area (Å²) in [7, 11) is 3.12. The number of hydrogen-bond donors (Lipinski definition) is 1. The van der Waals surface area contributed by atoms with E-state index in [0.29, 0.717) is 22.8 Å². The van der Waals surface area contributed by atoms with Crippen LogP contribution in [0, 0.1) is 10.1 Å². The molecule has 8 heteroatoms. The van der Waals surface area contributed by atoms with Gasteiger partial charge in [-0.15, -0.1) is 0 Å². The first-order valence-electron chi connectivity index (χ1n) is 9.85. The van der Waals surface area contributed by atoms with Gasteiger partial charge in [-0.2, -0.15) is 0 Å². The largest absolute Gasteiger partial charge is 0.493 e. The SMILES string of the molecule is COc1ccc(C2C=C(c3ccc([N+](=O)[O-])cc3)NN2C(=O)c2ccccc2)cc1OC. The summed E-state index contributed by atoms with van der Waals surface area (Å²) in [5.74, 6) is 0.926. The molecule has 0 spiro atoms. The van der Waals surface area contributed by atoms with Crippen LogP contribution in [-0.4, -0.2) is 30.1 Å². The summed E-state index contributed by atoms with van der Waals surface area (Å²) in [5, 5.41) is 12.5. The van der Waals surface area contributed by atoms with E-state index < -0.39 is 11.0 Å². The number of rotatable bonds is 6. The lowest BCUT2D eigenvalue weighted by Crippen LogP contribution is -2.39. The van der Waals surface area contributed by atoms with Gasteiger partial charge in [0.25, 0.3) is 11.6 Å². The topological polar surface area (TPSA) is 93.9 Å². The minimum Gasteiger partial charge on any atom is -0.493 e. The predicted octanol–water partition coefficient (Wildman–Crippen LogP) is 4.35. The van der Waals surface area contributed by atoms with Crippen LogP contribution >= 0.6 is 0 Å². The third-order valence-electron chi connectivity index (χ3n) is 5.22. The number of nitrogens with zero attached hydrogens (tertiary/aromatic N) is 2. The molecule has 32 heavy (non-hydrogen) atoms. The van der Waals surface area contributed by atoms with Crippen molar-refractivity contribution >= 4 is 17.3 Å². The molecule has 0 fully saturated rings. The molecule has 0 radical (unpaired) electrons. The molecule has 0 aliphatic carbocycles. The van der Waals surface area contributed by atoms with Crippen molar-refractivity contribution in [1.29, 1.82) is 0 Å². The number of non-ortho nitro benzene ring substituents is 1. The second kappa shape index (κ2) is 8.81. The molecule has 162 valence electrons. The summed E-state index contributed by atoms with van der Waals surface area (Å²) in [5.41, 5.74) is 5.92. The second-order valence-electron chi connectivity index (χ2n) is 7.10. The van der Waals surface area contributed by atoms with Gasteiger partial charge in [0.2, 0.25) is 0 Å². The molecule has 1 atom stereocenters. The maximum Gasteiger partial charge on any atom is 0.273 e. The van der Waals surface area contributed by atoms with Crippen molar-refractivity contribution in [3.05, 3.63) is 106 Å². The fraction of sp³-hybridized carbons (Fsp3) is 0.125. The van der Waals surface area contributed by atoms with E-state index in [2.05, 4.69) is 5.43 Å². The van der Waals surface area contributed by atoms with Crippen molar-refractivity contribution in [3.8, 4) is 11.5 Å². The van der Waals surface area contributed by atoms with E-state index in [0.717, 1.165) is 11.1 Å². The molecule has 3 aromatic carbocycles. The molecule has 1 heterocycles. The van der Waals surface area contributed by atoms with Crippen molar-refractivity contribution in [1.82, 2.24) is 10.4 Å². The number of nitrogens with one attached hydrogen (secondary N) is 1. The highest BCUT2D eigenvalue weighted by molar-refractivity contribution is 5.95. The van der Waals surface area contributed by atoms with Crippen LogP contribution in [0.15, 0.2) is 78.9 Å². The minimum absolute atomic E-state index is 0.000931. The van der Waals surface area contributed by atoms with Crippen LogP contribution in [0.2, 0.25) is 0 Å². The van der Waals surface area contributed by atoms with Crippen molar-refractivity contribution < 1.29 is 19.2 Å². The molecule has 1 aliphatic heterocycles. The van der Waals surface area contributed by atoms with Crippen molar-refractivity contribution in [2.24, 2.45) is 0 Å². The summed E-state index contributed by atoms with van der Waals surface area (Å²) < 4.78 is 10.8. The number of nitro benzene ring substituents is 1. The van der Waals surface area contributed by atoms with E-state index >= 15 is 0 Å². The Morgan fingerprint density at radius 2 is 1.66 bits per heavy atom. The number of methoxy groups -OCH3 is 2. The van der Waals surface area contributed by atoms with Crippen LogP contribution in [0.5, 0.6) is 11.5 Å². The molecule has 0 saturated carbocycles. The Hall–Kier alpha value is -4.33. The molecule has 0 aromatic heterocycles. The third-order valence-corrected chi connectivity index (χ3v) is 5.22. The molecule has 1 unspecified atom stereocenters. The monoisotopic (exact) mass is 431 g/mol. The molecule has 4 rings (SSSR count). The molecule has 0 saturated heterocycles. The van der Waals surface area contributed by atoms with E-state index in [-0.39, 0.29) is 11.6 Å². The summed E-state index contributed by atoms with van der Waals surface area (Å²) in [6.45, 7) is 0. The van der Waals surface area contributed by atoms with Crippen LogP contribution in [0.25, 0.3) is 5.70 Å². The summed E-state index contributed by atoms with van der Waals surface area (Å²) >= 11 is 0. The smallest absolute Gasteiger partial charge is 0.273 e. The molecule has 0 bridgehead atoms. The first-order valence-corrected chi connectivity index (χ1v) is 9.85. The third kappa shape index (κ3) is 3.98. The van der Waals surface area contributed by atoms with Crippen molar-refractivity contribution in [2.75, 3.05) is 14.2 Å². The van der Waals surface area contributed by atoms with Gasteiger partial charge in [0, 0.05) is 17.7 Å². The Morgan fingerprint density at radius 3 is 2.28 bits per heavy atom. The number of hydrogen-bond acceptors (Lipinski definition) is 6. The van der Waals surface area contributed by atoms with E-state index in [9.17, 15) is 14.9 Å². The highest BCUT2D eigenvalue weighted by Gasteiger charge is 2.32. The Balaban J connectivity index is 1.74. The van der Waals surface area contributed by atoms with Gasteiger partial charge in [0.15, 0.2) is 11.5 Å². The van der Waals surface area contributed by atoms with Crippen LogP contribution < -0.4 is 14.9 Å². The zero-order valence-corrected chi connectivity index (χ0v) is 17.5. The van der Waals surface area contributed by atoms with Crippen LogP contribution in [-0.2, 0) is 0 Å². The Labute approximate surface area is 184 Å². The van der Waals surface area contributed by atoms with Gasteiger partial charge < -0.3 is 9.47 Å². The number of amides is 1. The van der Waals surface area contributed by atoms with Crippen molar-refractivity contribution in [3.63, 3.8) is 0 Å². The lowest BCUT2D eigenvalue weighted by atomic mass is 10.0. The maximum atomic E-state index is 13.3. The average molecular weight is 431 g/mol. The molecule has 1 amide bonds. The van der Waals surface area contributed by atoms with Gasteiger partial charge >= 0.3 is 0 Å². The Kier molecular flexibility index (Phi) is 5.76. The van der Waals surface area contributed by atoms with Crippen LogP contribution in [0.3, 0.4) is 0 Å². The summed E-state index contributed by atoms with van der Waals surface area (Å²) in [4.78, 5) is 23.8. The van der Waals surface area contributed by atoms with Gasteiger partial charge in [0.1, 0.15) is 0 Å². The summed E-state index contributed by atoms with van der Waals surface area (Å²) in [6.07, 6.45) is 1.91. The van der Waals surface area contributed by atoms with Gasteiger partial charge in [-0.25, -0.2) is 5.01 Å². The fourth-order valence-electron chi connectivity index (χ4n) is 3.57. The standard InChI is InChI=1S/C24H21N3O5/c1-31-22-13-10-18(14-23(22)32-2)21-15-20(16-8-11-19(12-9-16)27(29)30)25-26(21)24(28)17-6-4-3-5-7-17/h3-15,21,25H,1-2H3. The van der Waals surface area contributed by atoms with Crippen molar-refractivity contribution in [2.45, 2.75) is 6.04 Å². The van der Waals surface area contributed by atoms with Crippen LogP contribution in [0.4, 0.5) is 5.69 Å². The lowest BCUT2D eigenvalue weighted by Gasteiger charge is -2.26. The second-order valence-corrected chi connectivity index (χ2v) is 7.10. The van der Waals surface area contributed by atoms with Crippen LogP contribution in [0.1, 0.15) is 27.5 Å². The molecular weight excluding hydrogens is 410 g/mol. The van der Waals surface area contributed by atoms with E-state index in [4.69, 9.17) is 9.47 Å². The van der Waals surface area contributed by atoms with E-state index in [1.165, 1.54) is 17.1 Å². The highest BCUT2D eigenvalue weighted by atomic mass is 16.6. The number of benzene rings is 3. The quantitative estimate of drug-likeness (QED) is 0.461. The van der Waals surface area contributed by atoms with Gasteiger partial charge in [-0.05, 0) is 53.6 Å². The summed E-state index contributed by atoms with van der Waals surface area (Å²) in [6, 6.07) is 20.2. The number of ether oxygens (including phenoxy) is 2. The fourth-order valence-corrected chi connectivity index (χ4v) is 3.57. The van der Waals surface area contributed by atoms with Gasteiger partial charge in [-0.3, -0.25) is 20.3 Å². The zero-order chi connectivity index (χ0) is 22.7. The molecule has 8 nitrogen and oxygen atoms in total. The minimum atomic E-state index is -0.447. The average Bonchev–Trinajstić information content (AvgIpc) is 3.29. The molecule has 1 aliphatic rings. The number of carbonyl (C=O) groups is 1. The lowest BCUT2D eigenvalue weighted by molar-refractivity contribution is -0.384. The molecule has 3 aromatic rings. The Bertz CT molecular complexity index is 1180. The highest BCUT2D eigenvalue weighted by Crippen LogP contribution is 2.37. The van der Waals surface area contributed by atoms with Gasteiger partial charge in [-0.1, -0.05) is 24.3 Å². The Morgan fingerprint density at radius 1 is 0.969 bits per heavy atom. The first kappa shape index (κ1) is 20.9. The zero-order valence-electron chi connectivity index (χ0n) is 17.5. The normalized spacial score (nSPS) is 15.0. The predicted molar refractivity (Wildman–Crippen MR) is 119 cm³/mol. The number of hydrazine groups is 1. The maximum absolute atomic E-state index is 13.3. The van der Waals surface area contributed by atoms with E-state index in [1.54, 1.807) is 56.7 Å². The number of carbonyl (C=O) groups excluding carboxylic acids is 1. The van der Waals surface area contributed by atoms with E-state index in [1.807, 2.05) is 24.3 Å². The molecule has 1 N–H and O–H groups in total. The molecular formula is C24H21N3O5. The van der Waals surface area contributed by atoms with Gasteiger partial charge in [0.05, 0.1) is 30.9 Å².